The third-order valence-electron chi connectivity index (χ3n) is 3.13. The summed E-state index contributed by atoms with van der Waals surface area (Å²) in [6, 6.07) is 6.87. The van der Waals surface area contributed by atoms with Crippen LogP contribution in [0.4, 0.5) is 5.69 Å². The number of carbonyl (C=O) groups excluding carboxylic acids is 1. The van der Waals surface area contributed by atoms with Crippen LogP contribution in [-0.4, -0.2) is 21.2 Å². The summed E-state index contributed by atoms with van der Waals surface area (Å²) in [5.41, 5.74) is 1.68. The van der Waals surface area contributed by atoms with Crippen LogP contribution in [0.2, 0.25) is 0 Å². The van der Waals surface area contributed by atoms with Crippen molar-refractivity contribution in [2.75, 3.05) is 5.32 Å². The summed E-state index contributed by atoms with van der Waals surface area (Å²) in [6.45, 7) is 3.19. The Kier molecular flexibility index (Phi) is 3.95. The van der Waals surface area contributed by atoms with Gasteiger partial charge in [-0.05, 0) is 25.5 Å². The monoisotopic (exact) mass is 273 g/mol. The highest BCUT2D eigenvalue weighted by Crippen LogP contribution is 2.16. The van der Waals surface area contributed by atoms with E-state index in [4.69, 9.17) is 0 Å². The number of amides is 1. The van der Waals surface area contributed by atoms with Gasteiger partial charge in [-0.3, -0.25) is 9.59 Å². The smallest absolute Gasteiger partial charge is 0.277 e. The Labute approximate surface area is 115 Å². The Morgan fingerprint density at radius 1 is 1.35 bits per heavy atom. The van der Waals surface area contributed by atoms with Gasteiger partial charge in [0.2, 0.25) is 0 Å². The molecule has 6 heteroatoms. The number of aliphatic hydroxyl groups excluding tert-OH is 1. The lowest BCUT2D eigenvalue weighted by Crippen LogP contribution is -2.26. The molecular weight excluding hydrogens is 258 g/mol. The van der Waals surface area contributed by atoms with E-state index in [1.807, 2.05) is 0 Å². The van der Waals surface area contributed by atoms with E-state index in [1.165, 1.54) is 0 Å². The summed E-state index contributed by atoms with van der Waals surface area (Å²) in [5.74, 6) is -0.518. The van der Waals surface area contributed by atoms with Crippen molar-refractivity contribution in [1.82, 2.24) is 10.2 Å². The summed E-state index contributed by atoms with van der Waals surface area (Å²) >= 11 is 0. The van der Waals surface area contributed by atoms with Crippen molar-refractivity contribution in [3.63, 3.8) is 0 Å². The molecule has 0 fully saturated rings. The fraction of sp³-hybridized carbons (Fsp3) is 0.214. The maximum Gasteiger partial charge on any atom is 0.277 e. The van der Waals surface area contributed by atoms with E-state index in [-0.39, 0.29) is 12.2 Å². The molecule has 0 atom stereocenters. The number of anilines is 1. The zero-order valence-corrected chi connectivity index (χ0v) is 11.2. The highest BCUT2D eigenvalue weighted by molar-refractivity contribution is 6.05. The van der Waals surface area contributed by atoms with Crippen LogP contribution in [0.15, 0.2) is 29.1 Å². The zero-order chi connectivity index (χ0) is 14.7. The largest absolute Gasteiger partial charge is 0.392 e. The van der Waals surface area contributed by atoms with Crippen LogP contribution in [0.1, 0.15) is 27.2 Å². The van der Waals surface area contributed by atoms with E-state index < -0.39 is 11.5 Å². The minimum atomic E-state index is -0.535. The molecule has 1 amide bonds. The molecule has 0 aliphatic heterocycles. The van der Waals surface area contributed by atoms with Gasteiger partial charge in [-0.2, -0.15) is 5.10 Å². The molecule has 0 aliphatic carbocycles. The van der Waals surface area contributed by atoms with Crippen LogP contribution >= 0.6 is 0 Å². The molecule has 1 aromatic heterocycles. The first-order valence-corrected chi connectivity index (χ1v) is 6.10. The molecule has 0 radical (unpaired) electrons. The number of rotatable bonds is 3. The van der Waals surface area contributed by atoms with Crippen LogP contribution < -0.4 is 10.9 Å². The first-order chi connectivity index (χ1) is 9.54. The van der Waals surface area contributed by atoms with Crippen molar-refractivity contribution >= 4 is 11.6 Å². The lowest BCUT2D eigenvalue weighted by atomic mass is 10.1. The fourth-order valence-electron chi connectivity index (χ4n) is 1.86. The van der Waals surface area contributed by atoms with Crippen LogP contribution in [0, 0.1) is 13.8 Å². The van der Waals surface area contributed by atoms with Crippen LogP contribution in [0.3, 0.4) is 0 Å². The molecule has 0 saturated carbocycles. The van der Waals surface area contributed by atoms with Gasteiger partial charge >= 0.3 is 0 Å². The van der Waals surface area contributed by atoms with Crippen LogP contribution in [-0.2, 0) is 6.61 Å². The number of benzene rings is 1. The van der Waals surface area contributed by atoms with Crippen molar-refractivity contribution in [3.05, 3.63) is 57.0 Å². The number of aromatic nitrogens is 2. The normalized spacial score (nSPS) is 10.3. The molecule has 104 valence electrons. The summed E-state index contributed by atoms with van der Waals surface area (Å²) < 4.78 is 0. The van der Waals surface area contributed by atoms with Crippen molar-refractivity contribution in [2.24, 2.45) is 0 Å². The number of hydrogen-bond acceptors (Lipinski definition) is 4. The predicted molar refractivity (Wildman–Crippen MR) is 74.6 cm³/mol. The topological polar surface area (TPSA) is 95.1 Å². The van der Waals surface area contributed by atoms with Crippen molar-refractivity contribution in [3.8, 4) is 0 Å². The summed E-state index contributed by atoms with van der Waals surface area (Å²) in [6.07, 6.45) is 0. The van der Waals surface area contributed by atoms with Gasteiger partial charge in [0.05, 0.1) is 12.3 Å². The average molecular weight is 273 g/mol. The molecule has 0 aliphatic rings. The second-order valence-electron chi connectivity index (χ2n) is 4.41. The molecule has 0 spiro atoms. The zero-order valence-electron chi connectivity index (χ0n) is 11.2. The first-order valence-electron chi connectivity index (χ1n) is 6.10. The van der Waals surface area contributed by atoms with E-state index in [9.17, 15) is 14.7 Å². The predicted octanol–water partition coefficient (Wildman–Crippen LogP) is 1.13. The standard InChI is InChI=1S/C14H15N3O3/c1-8-9(2)16-17-14(20)12(8)13(19)15-11-6-4-3-5-10(11)7-18/h3-6,18H,7H2,1-2H3,(H,15,19)(H,17,20). The Morgan fingerprint density at radius 3 is 2.75 bits per heavy atom. The summed E-state index contributed by atoms with van der Waals surface area (Å²) in [7, 11) is 0. The Bertz CT molecular complexity index is 707. The molecule has 0 bridgehead atoms. The number of H-pyrrole nitrogens is 1. The van der Waals surface area contributed by atoms with Crippen LogP contribution in [0.25, 0.3) is 0 Å². The SMILES string of the molecule is Cc1n[nH]c(=O)c(C(=O)Nc2ccccc2CO)c1C. The molecule has 0 saturated heterocycles. The van der Waals surface area contributed by atoms with Gasteiger partial charge in [0.1, 0.15) is 5.56 Å². The molecule has 20 heavy (non-hydrogen) atoms. The minimum absolute atomic E-state index is 0.0326. The number of aryl methyl sites for hydroxylation is 1. The Balaban J connectivity index is 2.39. The van der Waals surface area contributed by atoms with Gasteiger partial charge in [-0.1, -0.05) is 18.2 Å². The maximum absolute atomic E-state index is 12.2. The van der Waals surface area contributed by atoms with Gasteiger partial charge < -0.3 is 10.4 Å². The number of hydrogen-bond donors (Lipinski definition) is 3. The lowest BCUT2D eigenvalue weighted by molar-refractivity contribution is 0.102. The third-order valence-corrected chi connectivity index (χ3v) is 3.13. The quantitative estimate of drug-likeness (QED) is 0.781. The number of aromatic amines is 1. The third kappa shape index (κ3) is 2.60. The number of carbonyl (C=O) groups is 1. The van der Waals surface area contributed by atoms with E-state index in [0.717, 1.165) is 0 Å². The molecule has 2 aromatic rings. The molecule has 3 N–H and O–H groups in total. The van der Waals surface area contributed by atoms with E-state index in [1.54, 1.807) is 38.1 Å². The second-order valence-corrected chi connectivity index (χ2v) is 4.41. The number of para-hydroxylation sites is 1. The Hall–Kier alpha value is -2.47. The number of nitrogens with one attached hydrogen (secondary N) is 2. The summed E-state index contributed by atoms with van der Waals surface area (Å²) in [5, 5.41) is 18.0. The second kappa shape index (κ2) is 5.66. The van der Waals surface area contributed by atoms with E-state index >= 15 is 0 Å². The lowest BCUT2D eigenvalue weighted by Gasteiger charge is -2.10. The van der Waals surface area contributed by atoms with E-state index in [0.29, 0.717) is 22.5 Å². The highest BCUT2D eigenvalue weighted by Gasteiger charge is 2.17. The van der Waals surface area contributed by atoms with Gasteiger partial charge in [0.25, 0.3) is 11.5 Å². The first kappa shape index (κ1) is 14.0. The van der Waals surface area contributed by atoms with E-state index in [2.05, 4.69) is 15.5 Å². The minimum Gasteiger partial charge on any atom is -0.392 e. The molecule has 2 rings (SSSR count). The van der Waals surface area contributed by atoms with Gasteiger partial charge in [0, 0.05) is 11.3 Å². The molecule has 0 unspecified atom stereocenters. The number of aliphatic hydroxyl groups is 1. The van der Waals surface area contributed by atoms with Gasteiger partial charge in [-0.15, -0.1) is 0 Å². The van der Waals surface area contributed by atoms with Gasteiger partial charge in [0.15, 0.2) is 0 Å². The fourth-order valence-corrected chi connectivity index (χ4v) is 1.86. The average Bonchev–Trinajstić information content (AvgIpc) is 2.44. The van der Waals surface area contributed by atoms with Gasteiger partial charge in [-0.25, -0.2) is 5.10 Å². The van der Waals surface area contributed by atoms with Crippen molar-refractivity contribution in [2.45, 2.75) is 20.5 Å². The molecule has 1 heterocycles. The summed E-state index contributed by atoms with van der Waals surface area (Å²) in [4.78, 5) is 24.0. The van der Waals surface area contributed by atoms with Crippen molar-refractivity contribution in [1.29, 1.82) is 0 Å². The number of nitrogens with zero attached hydrogens (tertiary/aromatic N) is 1. The Morgan fingerprint density at radius 2 is 2.05 bits per heavy atom. The molecule has 6 nitrogen and oxygen atoms in total. The highest BCUT2D eigenvalue weighted by atomic mass is 16.3. The molecule has 1 aromatic carbocycles. The molecular formula is C14H15N3O3. The van der Waals surface area contributed by atoms with Crippen molar-refractivity contribution < 1.29 is 9.90 Å². The maximum atomic E-state index is 12.2. The van der Waals surface area contributed by atoms with Crippen LogP contribution in [0.5, 0.6) is 0 Å².